The van der Waals surface area contributed by atoms with Gasteiger partial charge in [-0.25, -0.2) is 0 Å². The zero-order chi connectivity index (χ0) is 11.3. The first-order chi connectivity index (χ1) is 7.13. The van der Waals surface area contributed by atoms with Crippen molar-refractivity contribution in [3.05, 3.63) is 23.5 Å². The molecule has 82 valence electrons. The molecule has 0 aliphatic heterocycles. The van der Waals surface area contributed by atoms with Crippen molar-refractivity contribution >= 4 is 11.6 Å². The standard InChI is InChI=1S/C11H16N2O2/c1-8-5-6-10(9(2)12-8)13-11(15)4-3-7-14/h5-6,14H,3-4,7H2,1-2H3,(H,13,15). The van der Waals surface area contributed by atoms with Crippen LogP contribution >= 0.6 is 0 Å². The first kappa shape index (κ1) is 11.7. The van der Waals surface area contributed by atoms with Gasteiger partial charge in [-0.05, 0) is 32.4 Å². The van der Waals surface area contributed by atoms with E-state index < -0.39 is 0 Å². The summed E-state index contributed by atoms with van der Waals surface area (Å²) >= 11 is 0. The molecule has 1 rings (SSSR count). The number of nitrogens with one attached hydrogen (secondary N) is 1. The Morgan fingerprint density at radius 2 is 2.20 bits per heavy atom. The van der Waals surface area contributed by atoms with Crippen molar-refractivity contribution in [2.24, 2.45) is 0 Å². The third-order valence-corrected chi connectivity index (χ3v) is 2.06. The molecule has 0 fully saturated rings. The molecule has 0 radical (unpaired) electrons. The summed E-state index contributed by atoms with van der Waals surface area (Å²) in [5, 5.41) is 11.3. The van der Waals surface area contributed by atoms with E-state index in [0.29, 0.717) is 12.8 Å². The second-order valence-electron chi connectivity index (χ2n) is 3.46. The number of aliphatic hydroxyl groups excluding tert-OH is 1. The van der Waals surface area contributed by atoms with E-state index in [1.54, 1.807) is 0 Å². The number of hydrogen-bond donors (Lipinski definition) is 2. The molecule has 1 aromatic rings. The fraction of sp³-hybridized carbons (Fsp3) is 0.455. The molecule has 15 heavy (non-hydrogen) atoms. The molecule has 0 aliphatic rings. The van der Waals surface area contributed by atoms with Crippen molar-refractivity contribution in [1.29, 1.82) is 0 Å². The molecule has 1 aromatic heterocycles. The van der Waals surface area contributed by atoms with Crippen LogP contribution in [0.1, 0.15) is 24.2 Å². The molecule has 0 bridgehead atoms. The van der Waals surface area contributed by atoms with E-state index in [-0.39, 0.29) is 12.5 Å². The average Bonchev–Trinajstić information content (AvgIpc) is 2.19. The Morgan fingerprint density at radius 1 is 1.47 bits per heavy atom. The number of hydrogen-bond acceptors (Lipinski definition) is 3. The predicted molar refractivity (Wildman–Crippen MR) is 58.7 cm³/mol. The number of pyridine rings is 1. The predicted octanol–water partition coefficient (Wildman–Crippen LogP) is 1.41. The summed E-state index contributed by atoms with van der Waals surface area (Å²) in [6.45, 7) is 3.80. The van der Waals surface area contributed by atoms with Crippen LogP contribution in [0.3, 0.4) is 0 Å². The van der Waals surface area contributed by atoms with Crippen LogP contribution in [0.15, 0.2) is 12.1 Å². The maximum atomic E-state index is 11.4. The van der Waals surface area contributed by atoms with Crippen LogP contribution in [0, 0.1) is 13.8 Å². The van der Waals surface area contributed by atoms with Gasteiger partial charge in [-0.1, -0.05) is 0 Å². The Labute approximate surface area is 89.3 Å². The molecule has 1 amide bonds. The van der Waals surface area contributed by atoms with Gasteiger partial charge in [-0.3, -0.25) is 9.78 Å². The summed E-state index contributed by atoms with van der Waals surface area (Å²) in [7, 11) is 0. The minimum absolute atomic E-state index is 0.0402. The van der Waals surface area contributed by atoms with E-state index in [2.05, 4.69) is 10.3 Å². The second-order valence-corrected chi connectivity index (χ2v) is 3.46. The topological polar surface area (TPSA) is 62.2 Å². The van der Waals surface area contributed by atoms with Crippen molar-refractivity contribution in [3.63, 3.8) is 0 Å². The van der Waals surface area contributed by atoms with Crippen LogP contribution < -0.4 is 5.32 Å². The van der Waals surface area contributed by atoms with Gasteiger partial charge < -0.3 is 10.4 Å². The Hall–Kier alpha value is -1.42. The van der Waals surface area contributed by atoms with Gasteiger partial charge in [0.05, 0.1) is 11.4 Å². The van der Waals surface area contributed by atoms with Gasteiger partial charge in [-0.15, -0.1) is 0 Å². The van der Waals surface area contributed by atoms with Crippen molar-refractivity contribution in [3.8, 4) is 0 Å². The zero-order valence-electron chi connectivity index (χ0n) is 9.08. The zero-order valence-corrected chi connectivity index (χ0v) is 9.08. The number of rotatable bonds is 4. The molecule has 2 N–H and O–H groups in total. The maximum Gasteiger partial charge on any atom is 0.224 e. The molecule has 0 aliphatic carbocycles. The van der Waals surface area contributed by atoms with Crippen LogP contribution in [0.25, 0.3) is 0 Å². The van der Waals surface area contributed by atoms with E-state index in [4.69, 9.17) is 5.11 Å². The van der Waals surface area contributed by atoms with Crippen molar-refractivity contribution in [1.82, 2.24) is 4.98 Å². The fourth-order valence-corrected chi connectivity index (χ4v) is 1.27. The van der Waals surface area contributed by atoms with Crippen LogP contribution in [0.5, 0.6) is 0 Å². The summed E-state index contributed by atoms with van der Waals surface area (Å²) in [6, 6.07) is 3.70. The van der Waals surface area contributed by atoms with Gasteiger partial charge in [0, 0.05) is 18.7 Å². The van der Waals surface area contributed by atoms with Crippen LogP contribution in [-0.4, -0.2) is 22.6 Å². The molecular formula is C11H16N2O2. The van der Waals surface area contributed by atoms with E-state index in [1.807, 2.05) is 26.0 Å². The summed E-state index contributed by atoms with van der Waals surface area (Å²) in [6.07, 6.45) is 0.827. The highest BCUT2D eigenvalue weighted by atomic mass is 16.3. The Kier molecular flexibility index (Phi) is 4.24. The van der Waals surface area contributed by atoms with Gasteiger partial charge in [0.2, 0.25) is 5.91 Å². The van der Waals surface area contributed by atoms with Crippen LogP contribution in [0.2, 0.25) is 0 Å². The normalized spacial score (nSPS) is 10.1. The molecule has 1 heterocycles. The Bertz CT molecular complexity index is 350. The van der Waals surface area contributed by atoms with Gasteiger partial charge in [-0.2, -0.15) is 0 Å². The maximum absolute atomic E-state index is 11.4. The Morgan fingerprint density at radius 3 is 2.80 bits per heavy atom. The van der Waals surface area contributed by atoms with Gasteiger partial charge in [0.25, 0.3) is 0 Å². The number of anilines is 1. The number of aliphatic hydroxyl groups is 1. The Balaban J connectivity index is 2.60. The number of amides is 1. The molecule has 0 spiro atoms. The van der Waals surface area contributed by atoms with E-state index in [9.17, 15) is 4.79 Å². The molecular weight excluding hydrogens is 192 g/mol. The second kappa shape index (κ2) is 5.46. The molecule has 0 saturated heterocycles. The summed E-state index contributed by atoms with van der Waals surface area (Å²) in [5.41, 5.74) is 2.48. The number of carbonyl (C=O) groups is 1. The molecule has 0 saturated carbocycles. The summed E-state index contributed by atoms with van der Waals surface area (Å²) < 4.78 is 0. The first-order valence-corrected chi connectivity index (χ1v) is 4.98. The minimum Gasteiger partial charge on any atom is -0.396 e. The largest absolute Gasteiger partial charge is 0.396 e. The van der Waals surface area contributed by atoms with Crippen LogP contribution in [0.4, 0.5) is 5.69 Å². The third-order valence-electron chi connectivity index (χ3n) is 2.06. The summed E-state index contributed by atoms with van der Waals surface area (Å²) in [4.78, 5) is 15.6. The molecule has 0 atom stereocenters. The third kappa shape index (κ3) is 3.67. The number of aryl methyl sites for hydroxylation is 2. The lowest BCUT2D eigenvalue weighted by Crippen LogP contribution is -2.13. The van der Waals surface area contributed by atoms with Crippen molar-refractivity contribution in [2.45, 2.75) is 26.7 Å². The van der Waals surface area contributed by atoms with E-state index in [0.717, 1.165) is 17.1 Å². The highest BCUT2D eigenvalue weighted by Gasteiger charge is 2.04. The van der Waals surface area contributed by atoms with E-state index >= 15 is 0 Å². The highest BCUT2D eigenvalue weighted by molar-refractivity contribution is 5.91. The number of carbonyl (C=O) groups excluding carboxylic acids is 1. The highest BCUT2D eigenvalue weighted by Crippen LogP contribution is 2.12. The first-order valence-electron chi connectivity index (χ1n) is 4.98. The van der Waals surface area contributed by atoms with Gasteiger partial charge in [0.1, 0.15) is 0 Å². The number of aromatic nitrogens is 1. The lowest BCUT2D eigenvalue weighted by Gasteiger charge is -2.07. The van der Waals surface area contributed by atoms with Gasteiger partial charge >= 0.3 is 0 Å². The molecule has 0 unspecified atom stereocenters. The minimum atomic E-state index is -0.0854. The monoisotopic (exact) mass is 208 g/mol. The van der Waals surface area contributed by atoms with Crippen LogP contribution in [-0.2, 0) is 4.79 Å². The van der Waals surface area contributed by atoms with Crippen molar-refractivity contribution in [2.75, 3.05) is 11.9 Å². The fourth-order valence-electron chi connectivity index (χ4n) is 1.27. The lowest BCUT2D eigenvalue weighted by atomic mass is 10.2. The quantitative estimate of drug-likeness (QED) is 0.786. The average molecular weight is 208 g/mol. The van der Waals surface area contributed by atoms with E-state index in [1.165, 1.54) is 0 Å². The van der Waals surface area contributed by atoms with Crippen molar-refractivity contribution < 1.29 is 9.90 Å². The number of nitrogens with zero attached hydrogens (tertiary/aromatic N) is 1. The lowest BCUT2D eigenvalue weighted by molar-refractivity contribution is -0.116. The smallest absolute Gasteiger partial charge is 0.224 e. The van der Waals surface area contributed by atoms with Gasteiger partial charge in [0.15, 0.2) is 0 Å². The summed E-state index contributed by atoms with van der Waals surface area (Å²) in [5.74, 6) is -0.0854. The SMILES string of the molecule is Cc1ccc(NC(=O)CCCO)c(C)n1. The molecule has 0 aromatic carbocycles. The molecule has 4 nitrogen and oxygen atoms in total. The molecule has 4 heteroatoms.